The molecule has 0 unspecified atom stereocenters. The summed E-state index contributed by atoms with van der Waals surface area (Å²) in [5, 5.41) is 9.86. The molecular weight excluding hydrogens is 356 g/mol. The van der Waals surface area contributed by atoms with E-state index in [9.17, 15) is 0 Å². The Kier molecular flexibility index (Phi) is 5.16. The van der Waals surface area contributed by atoms with Crippen molar-refractivity contribution < 1.29 is 4.74 Å². The van der Waals surface area contributed by atoms with Crippen molar-refractivity contribution >= 4 is 34.0 Å². The average Bonchev–Trinajstić information content (AvgIpc) is 3.24. The van der Waals surface area contributed by atoms with E-state index in [1.54, 1.807) is 18.4 Å². The predicted octanol–water partition coefficient (Wildman–Crippen LogP) is 4.92. The molecule has 136 valence electrons. The van der Waals surface area contributed by atoms with Crippen molar-refractivity contribution in [2.75, 3.05) is 17.7 Å². The minimum Gasteiger partial charge on any atom is -0.496 e. The number of nitrogens with zero attached hydrogens (tertiary/aromatic N) is 2. The average molecular weight is 376 g/mol. The smallest absolute Gasteiger partial charge is 0.225 e. The van der Waals surface area contributed by atoms with Crippen LogP contribution in [0, 0.1) is 0 Å². The molecule has 2 aromatic heterocycles. The number of thiophene rings is 1. The quantitative estimate of drug-likeness (QED) is 0.479. The first kappa shape index (κ1) is 17.3. The standard InChI is InChI=1S/C21H20N4OS/c1-26-19-11-5-2-7-15(19)13-23-21-24-18-10-4-3-9-17(18)20(25-21)22-14-16-8-6-12-27-16/h2-12H,13-14H2,1H3,(H2,22,23,24,25). The van der Waals surface area contributed by atoms with E-state index < -0.39 is 0 Å². The molecule has 0 amide bonds. The van der Waals surface area contributed by atoms with E-state index in [-0.39, 0.29) is 0 Å². The highest BCUT2D eigenvalue weighted by molar-refractivity contribution is 7.09. The molecule has 0 bridgehead atoms. The monoisotopic (exact) mass is 376 g/mol. The number of aromatic nitrogens is 2. The van der Waals surface area contributed by atoms with Gasteiger partial charge >= 0.3 is 0 Å². The molecular formula is C21H20N4OS. The molecule has 5 nitrogen and oxygen atoms in total. The Morgan fingerprint density at radius 3 is 2.59 bits per heavy atom. The van der Waals surface area contributed by atoms with Crippen LogP contribution in [0.4, 0.5) is 11.8 Å². The van der Waals surface area contributed by atoms with Gasteiger partial charge in [0.25, 0.3) is 0 Å². The van der Waals surface area contributed by atoms with Crippen LogP contribution < -0.4 is 15.4 Å². The second kappa shape index (κ2) is 8.05. The Morgan fingerprint density at radius 2 is 1.74 bits per heavy atom. The summed E-state index contributed by atoms with van der Waals surface area (Å²) in [4.78, 5) is 10.6. The fourth-order valence-electron chi connectivity index (χ4n) is 2.90. The Bertz CT molecular complexity index is 1030. The van der Waals surface area contributed by atoms with Crippen molar-refractivity contribution in [1.82, 2.24) is 9.97 Å². The lowest BCUT2D eigenvalue weighted by Crippen LogP contribution is -2.08. The van der Waals surface area contributed by atoms with Crippen LogP contribution in [0.15, 0.2) is 66.0 Å². The molecule has 4 rings (SSSR count). The highest BCUT2D eigenvalue weighted by Crippen LogP contribution is 2.24. The first-order chi connectivity index (χ1) is 13.3. The molecule has 0 atom stereocenters. The van der Waals surface area contributed by atoms with Crippen LogP contribution in [0.3, 0.4) is 0 Å². The first-order valence-corrected chi connectivity index (χ1v) is 9.60. The summed E-state index contributed by atoms with van der Waals surface area (Å²) >= 11 is 1.73. The van der Waals surface area contributed by atoms with Gasteiger partial charge in [-0.15, -0.1) is 11.3 Å². The Hall–Kier alpha value is -3.12. The van der Waals surface area contributed by atoms with Gasteiger partial charge in [0.2, 0.25) is 5.95 Å². The molecule has 0 aliphatic heterocycles. The summed E-state index contributed by atoms with van der Waals surface area (Å²) in [6.45, 7) is 1.33. The molecule has 0 radical (unpaired) electrons. The van der Waals surface area contributed by atoms with E-state index in [0.29, 0.717) is 12.5 Å². The Balaban J connectivity index is 1.59. The number of nitrogens with one attached hydrogen (secondary N) is 2. The van der Waals surface area contributed by atoms with E-state index in [0.717, 1.165) is 34.6 Å². The van der Waals surface area contributed by atoms with Crippen molar-refractivity contribution in [3.8, 4) is 5.75 Å². The van der Waals surface area contributed by atoms with Crippen LogP contribution in [0.1, 0.15) is 10.4 Å². The van der Waals surface area contributed by atoms with Gasteiger partial charge in [0.15, 0.2) is 0 Å². The zero-order valence-corrected chi connectivity index (χ0v) is 15.8. The second-order valence-corrected chi connectivity index (χ2v) is 7.04. The van der Waals surface area contributed by atoms with Crippen molar-refractivity contribution in [2.24, 2.45) is 0 Å². The van der Waals surface area contributed by atoms with Gasteiger partial charge in [-0.25, -0.2) is 4.98 Å². The van der Waals surface area contributed by atoms with Gasteiger partial charge in [0, 0.05) is 22.4 Å². The number of hydrogen-bond acceptors (Lipinski definition) is 6. The molecule has 0 fully saturated rings. The third kappa shape index (κ3) is 4.01. The fourth-order valence-corrected chi connectivity index (χ4v) is 3.54. The number of rotatable bonds is 7. The highest BCUT2D eigenvalue weighted by atomic mass is 32.1. The zero-order valence-electron chi connectivity index (χ0n) is 15.0. The Labute approximate surface area is 162 Å². The number of hydrogen-bond donors (Lipinski definition) is 2. The second-order valence-electron chi connectivity index (χ2n) is 6.01. The molecule has 2 aromatic carbocycles. The third-order valence-corrected chi connectivity index (χ3v) is 5.12. The number of anilines is 2. The molecule has 2 N–H and O–H groups in total. The summed E-state index contributed by atoms with van der Waals surface area (Å²) in [6.07, 6.45) is 0. The maximum Gasteiger partial charge on any atom is 0.225 e. The van der Waals surface area contributed by atoms with Crippen LogP contribution in [0.2, 0.25) is 0 Å². The summed E-state index contributed by atoms with van der Waals surface area (Å²) in [5.74, 6) is 2.27. The first-order valence-electron chi connectivity index (χ1n) is 8.72. The van der Waals surface area contributed by atoms with Crippen LogP contribution in [0.25, 0.3) is 10.9 Å². The normalized spacial score (nSPS) is 10.7. The maximum absolute atomic E-state index is 5.42. The molecule has 0 saturated carbocycles. The van der Waals surface area contributed by atoms with Gasteiger partial charge in [-0.2, -0.15) is 4.98 Å². The van der Waals surface area contributed by atoms with Gasteiger partial charge in [-0.05, 0) is 29.6 Å². The van der Waals surface area contributed by atoms with Gasteiger partial charge in [-0.3, -0.25) is 0 Å². The minimum atomic E-state index is 0.590. The van der Waals surface area contributed by atoms with Gasteiger partial charge < -0.3 is 15.4 Å². The fraction of sp³-hybridized carbons (Fsp3) is 0.143. The van der Waals surface area contributed by atoms with E-state index >= 15 is 0 Å². The van der Waals surface area contributed by atoms with Crippen LogP contribution in [0.5, 0.6) is 5.75 Å². The van der Waals surface area contributed by atoms with E-state index in [4.69, 9.17) is 9.72 Å². The minimum absolute atomic E-state index is 0.590. The lowest BCUT2D eigenvalue weighted by molar-refractivity contribution is 0.410. The highest BCUT2D eigenvalue weighted by Gasteiger charge is 2.09. The van der Waals surface area contributed by atoms with Gasteiger partial charge in [0.1, 0.15) is 11.6 Å². The molecule has 0 aliphatic rings. The predicted molar refractivity (Wildman–Crippen MR) is 112 cm³/mol. The molecule has 0 saturated heterocycles. The van der Waals surface area contributed by atoms with Crippen molar-refractivity contribution in [3.63, 3.8) is 0 Å². The van der Waals surface area contributed by atoms with Gasteiger partial charge in [0.05, 0.1) is 19.2 Å². The maximum atomic E-state index is 5.42. The number of para-hydroxylation sites is 2. The van der Waals surface area contributed by atoms with E-state index in [1.165, 1.54) is 4.88 Å². The third-order valence-electron chi connectivity index (χ3n) is 4.24. The summed E-state index contributed by atoms with van der Waals surface area (Å²) < 4.78 is 5.42. The topological polar surface area (TPSA) is 59.1 Å². The molecule has 27 heavy (non-hydrogen) atoms. The van der Waals surface area contributed by atoms with E-state index in [1.807, 2.05) is 48.5 Å². The Morgan fingerprint density at radius 1 is 0.889 bits per heavy atom. The SMILES string of the molecule is COc1ccccc1CNc1nc(NCc2cccs2)c2ccccc2n1. The van der Waals surface area contributed by atoms with Crippen LogP contribution in [-0.4, -0.2) is 17.1 Å². The molecule has 0 aliphatic carbocycles. The lowest BCUT2D eigenvalue weighted by Gasteiger charge is -2.12. The van der Waals surface area contributed by atoms with Crippen molar-refractivity contribution in [3.05, 3.63) is 76.5 Å². The summed E-state index contributed by atoms with van der Waals surface area (Å²) in [7, 11) is 1.68. The molecule has 6 heteroatoms. The molecule has 4 aromatic rings. The summed E-state index contributed by atoms with van der Waals surface area (Å²) in [6, 6.07) is 20.1. The summed E-state index contributed by atoms with van der Waals surface area (Å²) in [5.41, 5.74) is 1.97. The molecule has 2 heterocycles. The number of methoxy groups -OCH3 is 1. The van der Waals surface area contributed by atoms with Crippen molar-refractivity contribution in [2.45, 2.75) is 13.1 Å². The zero-order chi connectivity index (χ0) is 18.5. The number of fused-ring (bicyclic) bond motifs is 1. The van der Waals surface area contributed by atoms with Crippen molar-refractivity contribution in [1.29, 1.82) is 0 Å². The lowest BCUT2D eigenvalue weighted by atomic mass is 10.2. The number of ether oxygens (including phenoxy) is 1. The number of benzene rings is 2. The van der Waals surface area contributed by atoms with E-state index in [2.05, 4.69) is 33.1 Å². The van der Waals surface area contributed by atoms with Crippen LogP contribution in [-0.2, 0) is 13.1 Å². The van der Waals surface area contributed by atoms with Gasteiger partial charge in [-0.1, -0.05) is 36.4 Å². The largest absolute Gasteiger partial charge is 0.496 e. The molecule has 0 spiro atoms. The van der Waals surface area contributed by atoms with Crippen LogP contribution >= 0.6 is 11.3 Å².